The number of hydrogen-bond donors (Lipinski definition) is 0. The summed E-state index contributed by atoms with van der Waals surface area (Å²) in [5.74, 6) is 1.49. The van der Waals surface area contributed by atoms with Crippen molar-refractivity contribution in [2.45, 2.75) is 10.9 Å². The second-order valence-corrected chi connectivity index (χ2v) is 5.75. The van der Waals surface area contributed by atoms with Crippen LogP contribution < -0.4 is 0 Å². The molecule has 0 N–H and O–H groups in total. The molecule has 2 aromatic heterocycles. The Morgan fingerprint density at radius 2 is 2.14 bits per heavy atom. The summed E-state index contributed by atoms with van der Waals surface area (Å²) >= 11 is 7.59. The van der Waals surface area contributed by atoms with Gasteiger partial charge in [0.15, 0.2) is 11.0 Å². The lowest BCUT2D eigenvalue weighted by molar-refractivity contribution is 0.791. The number of thioether (sulfide) groups is 1. The molecule has 0 saturated heterocycles. The predicted molar refractivity (Wildman–Crippen MR) is 83.0 cm³/mol. The third kappa shape index (κ3) is 3.22. The Morgan fingerprint density at radius 1 is 1.24 bits per heavy atom. The van der Waals surface area contributed by atoms with Gasteiger partial charge in [0.05, 0.1) is 6.20 Å². The molecule has 2 heterocycles. The Balaban J connectivity index is 1.77. The minimum Gasteiger partial charge on any atom is -0.304 e. The minimum atomic E-state index is 0.705. The highest BCUT2D eigenvalue weighted by Gasteiger charge is 2.12. The van der Waals surface area contributed by atoms with Crippen molar-refractivity contribution in [1.29, 1.82) is 0 Å². The molecule has 0 atom stereocenters. The van der Waals surface area contributed by atoms with E-state index in [9.17, 15) is 0 Å². The number of benzene rings is 1. The molecule has 106 valence electrons. The SMILES string of the molecule is Cn1c(SCc2cccc(Cl)c2)nnc1-c1cnccn1. The molecule has 0 fully saturated rings. The van der Waals surface area contributed by atoms with E-state index in [0.717, 1.165) is 21.5 Å². The monoisotopic (exact) mass is 317 g/mol. The minimum absolute atomic E-state index is 0.705. The van der Waals surface area contributed by atoms with Crippen LogP contribution in [0, 0.1) is 0 Å². The summed E-state index contributed by atoms with van der Waals surface area (Å²) in [6, 6.07) is 7.80. The van der Waals surface area contributed by atoms with Gasteiger partial charge in [0.25, 0.3) is 0 Å². The molecule has 0 amide bonds. The summed E-state index contributed by atoms with van der Waals surface area (Å²) in [4.78, 5) is 8.29. The largest absolute Gasteiger partial charge is 0.304 e. The number of aromatic nitrogens is 5. The first-order chi connectivity index (χ1) is 10.2. The van der Waals surface area contributed by atoms with Gasteiger partial charge in [0.1, 0.15) is 5.69 Å². The molecule has 0 aliphatic rings. The summed E-state index contributed by atoms with van der Waals surface area (Å²) in [7, 11) is 1.92. The van der Waals surface area contributed by atoms with Gasteiger partial charge in [-0.05, 0) is 17.7 Å². The third-order valence-electron chi connectivity index (χ3n) is 2.88. The Hall–Kier alpha value is -1.92. The van der Waals surface area contributed by atoms with Gasteiger partial charge in [-0.3, -0.25) is 4.98 Å². The summed E-state index contributed by atoms with van der Waals surface area (Å²) in [6.45, 7) is 0. The molecule has 3 aromatic rings. The standard InChI is InChI=1S/C14H12ClN5S/c1-20-13(12-8-16-5-6-17-12)18-19-14(20)21-9-10-3-2-4-11(15)7-10/h2-8H,9H2,1H3. The van der Waals surface area contributed by atoms with Crippen molar-refractivity contribution in [3.8, 4) is 11.5 Å². The lowest BCUT2D eigenvalue weighted by Gasteiger charge is -2.03. The normalized spacial score (nSPS) is 10.8. The molecule has 3 rings (SSSR count). The molecule has 0 radical (unpaired) electrons. The first kappa shape index (κ1) is 14.0. The highest BCUT2D eigenvalue weighted by atomic mass is 35.5. The van der Waals surface area contributed by atoms with E-state index in [4.69, 9.17) is 11.6 Å². The topological polar surface area (TPSA) is 56.5 Å². The van der Waals surface area contributed by atoms with Crippen LogP contribution in [0.2, 0.25) is 5.02 Å². The van der Waals surface area contributed by atoms with Gasteiger partial charge >= 0.3 is 0 Å². The van der Waals surface area contributed by atoms with Crippen molar-refractivity contribution in [1.82, 2.24) is 24.7 Å². The van der Waals surface area contributed by atoms with Crippen molar-refractivity contribution in [3.63, 3.8) is 0 Å². The molecule has 1 aromatic carbocycles. The molecule has 0 aliphatic carbocycles. The van der Waals surface area contributed by atoms with Gasteiger partial charge in [-0.2, -0.15) is 0 Å². The maximum Gasteiger partial charge on any atom is 0.191 e. The Morgan fingerprint density at radius 3 is 2.90 bits per heavy atom. The first-order valence-corrected chi connectivity index (χ1v) is 7.63. The van der Waals surface area contributed by atoms with E-state index in [2.05, 4.69) is 20.2 Å². The second-order valence-electron chi connectivity index (χ2n) is 4.37. The maximum atomic E-state index is 5.98. The van der Waals surface area contributed by atoms with Crippen LogP contribution in [0.25, 0.3) is 11.5 Å². The van der Waals surface area contributed by atoms with E-state index in [1.165, 1.54) is 0 Å². The average Bonchev–Trinajstić information content (AvgIpc) is 2.87. The van der Waals surface area contributed by atoms with Crippen LogP contribution in [-0.2, 0) is 12.8 Å². The molecular formula is C14H12ClN5S. The van der Waals surface area contributed by atoms with Crippen LogP contribution in [0.15, 0.2) is 48.0 Å². The van der Waals surface area contributed by atoms with Gasteiger partial charge in [0.2, 0.25) is 0 Å². The Bertz CT molecular complexity index is 744. The highest BCUT2D eigenvalue weighted by Crippen LogP contribution is 2.24. The van der Waals surface area contributed by atoms with Crippen LogP contribution in [0.5, 0.6) is 0 Å². The number of nitrogens with zero attached hydrogens (tertiary/aromatic N) is 5. The lowest BCUT2D eigenvalue weighted by Crippen LogP contribution is -1.96. The zero-order valence-corrected chi connectivity index (χ0v) is 12.8. The van der Waals surface area contributed by atoms with Crippen LogP contribution in [-0.4, -0.2) is 24.7 Å². The summed E-state index contributed by atoms with van der Waals surface area (Å²) in [5.41, 5.74) is 1.86. The van der Waals surface area contributed by atoms with E-state index < -0.39 is 0 Å². The molecule has 0 spiro atoms. The maximum absolute atomic E-state index is 5.98. The van der Waals surface area contributed by atoms with Crippen LogP contribution in [0.1, 0.15) is 5.56 Å². The fraction of sp³-hybridized carbons (Fsp3) is 0.143. The Kier molecular flexibility index (Phi) is 4.17. The van der Waals surface area contributed by atoms with E-state index in [1.807, 2.05) is 35.9 Å². The number of hydrogen-bond acceptors (Lipinski definition) is 5. The van der Waals surface area contributed by atoms with E-state index in [0.29, 0.717) is 11.5 Å². The van der Waals surface area contributed by atoms with Crippen LogP contribution in [0.3, 0.4) is 0 Å². The quantitative estimate of drug-likeness (QED) is 0.692. The third-order valence-corrected chi connectivity index (χ3v) is 4.21. The van der Waals surface area contributed by atoms with Crippen molar-refractivity contribution in [3.05, 3.63) is 53.4 Å². The fourth-order valence-corrected chi connectivity index (χ4v) is 2.92. The highest BCUT2D eigenvalue weighted by molar-refractivity contribution is 7.98. The molecular weight excluding hydrogens is 306 g/mol. The van der Waals surface area contributed by atoms with Gasteiger partial charge < -0.3 is 4.57 Å². The van der Waals surface area contributed by atoms with E-state index in [-0.39, 0.29) is 0 Å². The number of halogens is 1. The molecule has 0 saturated carbocycles. The lowest BCUT2D eigenvalue weighted by atomic mass is 10.2. The van der Waals surface area contributed by atoms with E-state index in [1.54, 1.807) is 30.4 Å². The zero-order valence-electron chi connectivity index (χ0n) is 11.3. The van der Waals surface area contributed by atoms with Gasteiger partial charge in [-0.25, -0.2) is 4.98 Å². The van der Waals surface area contributed by atoms with Gasteiger partial charge in [-0.1, -0.05) is 35.5 Å². The van der Waals surface area contributed by atoms with Crippen LogP contribution in [0.4, 0.5) is 0 Å². The summed E-state index contributed by atoms with van der Waals surface area (Å²) < 4.78 is 1.92. The number of rotatable bonds is 4. The van der Waals surface area contributed by atoms with Gasteiger partial charge in [-0.15, -0.1) is 10.2 Å². The second kappa shape index (κ2) is 6.24. The smallest absolute Gasteiger partial charge is 0.191 e. The molecule has 0 aliphatic heterocycles. The fourth-order valence-electron chi connectivity index (χ4n) is 1.85. The van der Waals surface area contributed by atoms with Gasteiger partial charge in [0, 0.05) is 30.2 Å². The van der Waals surface area contributed by atoms with E-state index >= 15 is 0 Å². The van der Waals surface area contributed by atoms with Crippen LogP contribution >= 0.6 is 23.4 Å². The van der Waals surface area contributed by atoms with Crippen molar-refractivity contribution in [2.75, 3.05) is 0 Å². The average molecular weight is 318 g/mol. The zero-order chi connectivity index (χ0) is 14.7. The molecule has 0 unspecified atom stereocenters. The van der Waals surface area contributed by atoms with Crippen molar-refractivity contribution >= 4 is 23.4 Å². The summed E-state index contributed by atoms with van der Waals surface area (Å²) in [6.07, 6.45) is 4.95. The predicted octanol–water partition coefficient (Wildman–Crippen LogP) is 3.22. The molecule has 21 heavy (non-hydrogen) atoms. The first-order valence-electron chi connectivity index (χ1n) is 6.27. The van der Waals surface area contributed by atoms with Crippen molar-refractivity contribution in [2.24, 2.45) is 7.05 Å². The summed E-state index contributed by atoms with van der Waals surface area (Å²) in [5, 5.41) is 9.96. The Labute approximate surface area is 131 Å². The molecule has 7 heteroatoms. The van der Waals surface area contributed by atoms with Crippen molar-refractivity contribution < 1.29 is 0 Å². The molecule has 0 bridgehead atoms. The molecule has 5 nitrogen and oxygen atoms in total.